The van der Waals surface area contributed by atoms with Gasteiger partial charge in [0, 0.05) is 0 Å². The molecule has 2 aromatic rings. The molecule has 0 aliphatic carbocycles. The highest BCUT2D eigenvalue weighted by Crippen LogP contribution is 2.35. The summed E-state index contributed by atoms with van der Waals surface area (Å²) in [7, 11) is 0. The molecular formula is C18H19NO3S2. The first-order valence-electron chi connectivity index (χ1n) is 7.77. The topological polar surface area (TPSA) is 49.8 Å². The van der Waals surface area contributed by atoms with Gasteiger partial charge in [0.05, 0.1) is 0 Å². The van der Waals surface area contributed by atoms with Crippen molar-refractivity contribution in [3.05, 3.63) is 60.2 Å². The molecule has 1 N–H and O–H groups in total. The summed E-state index contributed by atoms with van der Waals surface area (Å²) in [5.41, 5.74) is 1.41. The third-order valence-electron chi connectivity index (χ3n) is 3.57. The van der Waals surface area contributed by atoms with Crippen LogP contribution in [0.4, 0.5) is 5.69 Å². The first kappa shape index (κ1) is 17.2. The van der Waals surface area contributed by atoms with Crippen LogP contribution in [0, 0.1) is 0 Å². The van der Waals surface area contributed by atoms with Gasteiger partial charge in [-0.3, -0.25) is 10.0 Å². The number of ether oxygens (including phenoxy) is 1. The van der Waals surface area contributed by atoms with Crippen LogP contribution in [0.2, 0.25) is 0 Å². The van der Waals surface area contributed by atoms with E-state index in [1.54, 1.807) is 41.7 Å². The van der Waals surface area contributed by atoms with Crippen molar-refractivity contribution < 1.29 is 14.7 Å². The van der Waals surface area contributed by atoms with E-state index in [0.29, 0.717) is 18.0 Å². The number of hydrogen-bond donors (Lipinski definition) is 1. The van der Waals surface area contributed by atoms with E-state index in [9.17, 15) is 10.0 Å². The molecule has 24 heavy (non-hydrogen) atoms. The minimum absolute atomic E-state index is 0.258. The van der Waals surface area contributed by atoms with Gasteiger partial charge in [-0.05, 0) is 35.6 Å². The van der Waals surface area contributed by atoms with Crippen LogP contribution in [0.5, 0.6) is 5.75 Å². The summed E-state index contributed by atoms with van der Waals surface area (Å²) < 4.78 is 5.56. The quantitative estimate of drug-likeness (QED) is 0.639. The zero-order valence-electron chi connectivity index (χ0n) is 13.1. The molecule has 4 nitrogen and oxygen atoms in total. The number of carbonyl (C=O) groups excluding carboxylic acids is 1. The van der Waals surface area contributed by atoms with Crippen molar-refractivity contribution in [2.45, 2.75) is 17.6 Å². The van der Waals surface area contributed by atoms with E-state index >= 15 is 0 Å². The van der Waals surface area contributed by atoms with Crippen molar-refractivity contribution >= 4 is 35.1 Å². The second-order valence-electron chi connectivity index (χ2n) is 5.32. The Bertz CT molecular complexity index is 675. The lowest BCUT2D eigenvalue weighted by Crippen LogP contribution is -2.35. The molecule has 0 unspecified atom stereocenters. The number of hydrogen-bond acceptors (Lipinski definition) is 5. The third-order valence-corrected chi connectivity index (χ3v) is 6.44. The summed E-state index contributed by atoms with van der Waals surface area (Å²) in [4.78, 5) is 12.5. The fourth-order valence-electron chi connectivity index (χ4n) is 2.34. The molecule has 0 aromatic heterocycles. The van der Waals surface area contributed by atoms with Crippen molar-refractivity contribution in [1.29, 1.82) is 0 Å². The molecule has 0 atom stereocenters. The summed E-state index contributed by atoms with van der Waals surface area (Å²) in [6.07, 6.45) is 1.10. The molecule has 126 valence electrons. The fraction of sp³-hybridized carbons (Fsp3) is 0.278. The molecule has 1 fully saturated rings. The number of para-hydroxylation sites is 2. The number of benzene rings is 2. The van der Waals surface area contributed by atoms with Crippen molar-refractivity contribution in [2.24, 2.45) is 0 Å². The monoisotopic (exact) mass is 361 g/mol. The average molecular weight is 361 g/mol. The molecule has 1 aliphatic rings. The molecule has 2 aromatic carbocycles. The van der Waals surface area contributed by atoms with Crippen molar-refractivity contribution in [1.82, 2.24) is 0 Å². The van der Waals surface area contributed by atoms with Crippen molar-refractivity contribution in [3.63, 3.8) is 0 Å². The molecule has 0 spiro atoms. The first-order valence-corrected chi connectivity index (χ1v) is 9.87. The minimum atomic E-state index is -0.305. The van der Waals surface area contributed by atoms with Gasteiger partial charge < -0.3 is 4.74 Å². The Labute approximate surface area is 150 Å². The molecular weight excluding hydrogens is 342 g/mol. The molecule has 1 aliphatic heterocycles. The number of carbonyl (C=O) groups is 1. The second-order valence-corrected chi connectivity index (χ2v) is 8.04. The second kappa shape index (κ2) is 8.46. The molecule has 6 heteroatoms. The smallest absolute Gasteiger partial charge is 0.274 e. The molecule has 3 rings (SSSR count). The zero-order valence-corrected chi connectivity index (χ0v) is 14.8. The van der Waals surface area contributed by atoms with Gasteiger partial charge in [-0.15, -0.1) is 23.5 Å². The Morgan fingerprint density at radius 2 is 1.75 bits per heavy atom. The molecule has 0 bridgehead atoms. The van der Waals surface area contributed by atoms with Crippen LogP contribution in [0.3, 0.4) is 0 Å². The van der Waals surface area contributed by atoms with Gasteiger partial charge in [-0.1, -0.05) is 42.5 Å². The van der Waals surface area contributed by atoms with Crippen LogP contribution in [0.25, 0.3) is 0 Å². The summed E-state index contributed by atoms with van der Waals surface area (Å²) >= 11 is 3.16. The van der Waals surface area contributed by atoms with Gasteiger partial charge in [0.1, 0.15) is 22.6 Å². The van der Waals surface area contributed by atoms with Crippen molar-refractivity contribution in [2.75, 3.05) is 16.6 Å². The number of anilines is 1. The Morgan fingerprint density at radius 1 is 1.08 bits per heavy atom. The highest BCUT2D eigenvalue weighted by molar-refractivity contribution is 8.18. The molecule has 1 amide bonds. The highest BCUT2D eigenvalue weighted by atomic mass is 32.2. The number of thioether (sulfide) groups is 2. The van der Waals surface area contributed by atoms with E-state index in [-0.39, 0.29) is 10.5 Å². The Morgan fingerprint density at radius 3 is 2.50 bits per heavy atom. The highest BCUT2D eigenvalue weighted by Gasteiger charge is 2.28. The van der Waals surface area contributed by atoms with E-state index in [2.05, 4.69) is 0 Å². The normalized spacial score (nSPS) is 15.0. The van der Waals surface area contributed by atoms with Crippen LogP contribution in [-0.2, 0) is 11.4 Å². The standard InChI is InChI=1S/C18H19NO3S2/c20-17(18-23-11-6-12-24-18)19(21)15-9-4-5-10-16(15)22-13-14-7-2-1-3-8-14/h1-5,7-10,18,21H,6,11-13H2. The van der Waals surface area contributed by atoms with Crippen LogP contribution in [-0.4, -0.2) is 27.2 Å². The number of hydroxylamine groups is 1. The number of nitrogens with zero attached hydrogens (tertiary/aromatic N) is 1. The van der Waals surface area contributed by atoms with Crippen LogP contribution < -0.4 is 9.80 Å². The van der Waals surface area contributed by atoms with Crippen molar-refractivity contribution in [3.8, 4) is 5.75 Å². The van der Waals surface area contributed by atoms with E-state index in [0.717, 1.165) is 28.6 Å². The molecule has 0 radical (unpaired) electrons. The van der Waals surface area contributed by atoms with Crippen LogP contribution in [0.15, 0.2) is 54.6 Å². The molecule has 0 saturated carbocycles. The zero-order chi connectivity index (χ0) is 16.8. The van der Waals surface area contributed by atoms with Gasteiger partial charge in [0.15, 0.2) is 0 Å². The van der Waals surface area contributed by atoms with Crippen LogP contribution >= 0.6 is 23.5 Å². The van der Waals surface area contributed by atoms with E-state index in [4.69, 9.17) is 4.74 Å². The first-order chi connectivity index (χ1) is 11.8. The lowest BCUT2D eigenvalue weighted by Gasteiger charge is -2.25. The van der Waals surface area contributed by atoms with E-state index in [1.165, 1.54) is 0 Å². The predicted molar refractivity (Wildman–Crippen MR) is 99.8 cm³/mol. The summed E-state index contributed by atoms with van der Waals surface area (Å²) in [6, 6.07) is 16.8. The third kappa shape index (κ3) is 4.26. The van der Waals surface area contributed by atoms with Gasteiger partial charge in [0.2, 0.25) is 0 Å². The lowest BCUT2D eigenvalue weighted by molar-refractivity contribution is -0.121. The van der Waals surface area contributed by atoms with E-state index < -0.39 is 0 Å². The minimum Gasteiger partial charge on any atom is -0.487 e. The Hall–Kier alpha value is -1.63. The van der Waals surface area contributed by atoms with E-state index in [1.807, 2.05) is 36.4 Å². The maximum atomic E-state index is 12.5. The van der Waals surface area contributed by atoms with Gasteiger partial charge >= 0.3 is 0 Å². The maximum Gasteiger partial charge on any atom is 0.274 e. The van der Waals surface area contributed by atoms with Gasteiger partial charge in [-0.25, -0.2) is 0 Å². The van der Waals surface area contributed by atoms with Crippen LogP contribution in [0.1, 0.15) is 12.0 Å². The number of rotatable bonds is 5. The fourth-order valence-corrected chi connectivity index (χ4v) is 5.02. The largest absolute Gasteiger partial charge is 0.487 e. The summed E-state index contributed by atoms with van der Waals surface area (Å²) in [6.45, 7) is 0.382. The average Bonchev–Trinajstić information content (AvgIpc) is 2.67. The predicted octanol–water partition coefficient (Wildman–Crippen LogP) is 4.18. The number of amides is 1. The summed E-state index contributed by atoms with van der Waals surface area (Å²) in [5.74, 6) is 2.08. The summed E-state index contributed by atoms with van der Waals surface area (Å²) in [5, 5.41) is 11.1. The maximum absolute atomic E-state index is 12.5. The SMILES string of the molecule is O=C(C1SCCCS1)N(O)c1ccccc1OCc1ccccc1. The molecule has 1 saturated heterocycles. The lowest BCUT2D eigenvalue weighted by atomic mass is 10.2. The Kier molecular flexibility index (Phi) is 6.07. The van der Waals surface area contributed by atoms with Gasteiger partial charge in [0.25, 0.3) is 5.91 Å². The Balaban J connectivity index is 1.71. The van der Waals surface area contributed by atoms with Gasteiger partial charge in [-0.2, -0.15) is 5.06 Å². The molecule has 1 heterocycles.